The molecule has 0 saturated carbocycles. The molecule has 3 heteroatoms. The van der Waals surface area contributed by atoms with Crippen LogP contribution in [0, 0.1) is 17.7 Å². The molecule has 0 spiro atoms. The minimum absolute atomic E-state index is 0.0548. The summed E-state index contributed by atoms with van der Waals surface area (Å²) in [5.74, 6) is 0. The van der Waals surface area contributed by atoms with E-state index in [2.05, 4.69) is 62.5 Å². The van der Waals surface area contributed by atoms with E-state index in [1.165, 1.54) is 11.8 Å². The third-order valence-electron chi connectivity index (χ3n) is 5.28. The van der Waals surface area contributed by atoms with Crippen LogP contribution in [-0.2, 0) is 11.2 Å². The first-order valence-corrected chi connectivity index (χ1v) is 8.81. The molecule has 2 aromatic carbocycles. The van der Waals surface area contributed by atoms with Crippen molar-refractivity contribution in [2.75, 3.05) is 0 Å². The van der Waals surface area contributed by atoms with Crippen LogP contribution in [0.25, 0.3) is 11.1 Å². The first-order chi connectivity index (χ1) is 11.9. The average Bonchev–Trinajstić information content (AvgIpc) is 2.62. The van der Waals surface area contributed by atoms with Crippen molar-refractivity contribution in [1.82, 2.24) is 5.32 Å². The maximum Gasteiger partial charge on any atom is 0.207 e. The topological polar surface area (TPSA) is 53.0 Å². The fraction of sp³-hybridized carbons (Fsp3) is 0.364. The van der Waals surface area contributed by atoms with Crippen LogP contribution in [0.2, 0.25) is 0 Å². The van der Waals surface area contributed by atoms with Crippen LogP contribution in [0.3, 0.4) is 0 Å². The first-order valence-electron chi connectivity index (χ1n) is 8.81. The predicted molar refractivity (Wildman–Crippen MR) is 105 cm³/mol. The second-order valence-electron chi connectivity index (χ2n) is 7.30. The van der Waals surface area contributed by atoms with Crippen LogP contribution in [0.15, 0.2) is 42.5 Å². The molecule has 1 amide bonds. The molecule has 0 aliphatic rings. The summed E-state index contributed by atoms with van der Waals surface area (Å²) in [5.41, 5.74) is 5.65. The molecule has 3 nitrogen and oxygen atoms in total. The van der Waals surface area contributed by atoms with Gasteiger partial charge in [-0.3, -0.25) is 4.79 Å². The molecule has 0 aromatic heterocycles. The Kier molecular flexibility index (Phi) is 6.13. The monoisotopic (exact) mass is 336 g/mol. The van der Waals surface area contributed by atoms with Crippen LogP contribution in [0.5, 0.6) is 0 Å². The molecule has 132 valence electrons. The summed E-state index contributed by atoms with van der Waals surface area (Å²) in [5, 5.41) is 10.4. The summed E-state index contributed by atoms with van der Waals surface area (Å²) in [4.78, 5) is 11.0. The summed E-state index contributed by atoms with van der Waals surface area (Å²) in [6, 6.07) is 14.8. The van der Waals surface area contributed by atoms with Crippen LogP contribution in [0.4, 0.5) is 0 Å². The molecule has 0 aliphatic carbocycles. The molecule has 2 rings (SSSR count). The second-order valence-corrected chi connectivity index (χ2v) is 7.30. The highest BCUT2D eigenvalue weighted by atomic mass is 16.1. The number of benzene rings is 2. The number of nitrogens with one attached hydrogen (secondary N) is 2. The lowest BCUT2D eigenvalue weighted by molar-refractivity contribution is -0.110. The lowest BCUT2D eigenvalue weighted by Crippen LogP contribution is -2.42. The maximum atomic E-state index is 11.0. The second kappa shape index (κ2) is 8.11. The normalized spacial score (nSPS) is 12.5. The van der Waals surface area contributed by atoms with Crippen molar-refractivity contribution in [1.29, 1.82) is 5.41 Å². The molecule has 0 aliphatic heterocycles. The van der Waals surface area contributed by atoms with E-state index in [1.807, 2.05) is 13.0 Å². The highest BCUT2D eigenvalue weighted by Crippen LogP contribution is 2.28. The number of hydrogen-bond donors (Lipinski definition) is 2. The Bertz CT molecular complexity index is 732. The van der Waals surface area contributed by atoms with Gasteiger partial charge in [0.15, 0.2) is 0 Å². The van der Waals surface area contributed by atoms with E-state index in [0.29, 0.717) is 0 Å². The molecule has 0 saturated heterocycles. The van der Waals surface area contributed by atoms with Crippen molar-refractivity contribution in [2.45, 2.75) is 46.6 Å². The Hall–Kier alpha value is -2.42. The summed E-state index contributed by atoms with van der Waals surface area (Å²) in [7, 11) is 0. The molecule has 2 aromatic rings. The van der Waals surface area contributed by atoms with E-state index < -0.39 is 0 Å². The summed E-state index contributed by atoms with van der Waals surface area (Å²) in [6.45, 7) is 8.57. The summed E-state index contributed by atoms with van der Waals surface area (Å²) in [6.07, 6.45) is 4.03. The van der Waals surface area contributed by atoms with Gasteiger partial charge >= 0.3 is 0 Å². The third kappa shape index (κ3) is 4.56. The fourth-order valence-corrected chi connectivity index (χ4v) is 2.98. The van der Waals surface area contributed by atoms with Gasteiger partial charge in [-0.25, -0.2) is 0 Å². The lowest BCUT2D eigenvalue weighted by atomic mass is 9.79. The lowest BCUT2D eigenvalue weighted by Gasteiger charge is -2.33. The average molecular weight is 336 g/mol. The number of rotatable bonds is 8. The Balaban J connectivity index is 2.20. The number of carbonyl (C=O) groups is 1. The smallest absolute Gasteiger partial charge is 0.207 e. The van der Waals surface area contributed by atoms with Gasteiger partial charge in [-0.2, -0.15) is 0 Å². The van der Waals surface area contributed by atoms with Crippen molar-refractivity contribution in [3.63, 3.8) is 0 Å². The van der Waals surface area contributed by atoms with Gasteiger partial charge in [0.1, 0.15) is 0 Å². The fourth-order valence-electron chi connectivity index (χ4n) is 2.98. The van der Waals surface area contributed by atoms with Gasteiger partial charge in [0, 0.05) is 12.3 Å². The zero-order chi connectivity index (χ0) is 18.4. The van der Waals surface area contributed by atoms with Crippen LogP contribution >= 0.6 is 0 Å². The molecule has 0 bridgehead atoms. The molecule has 1 atom stereocenters. The molecule has 0 radical (unpaired) electrons. The minimum atomic E-state index is 0.0548. The quantitative estimate of drug-likeness (QED) is 0.530. The van der Waals surface area contributed by atoms with E-state index in [1.54, 1.807) is 0 Å². The zero-order valence-corrected chi connectivity index (χ0v) is 15.6. The van der Waals surface area contributed by atoms with Crippen LogP contribution < -0.4 is 5.32 Å². The van der Waals surface area contributed by atoms with Crippen molar-refractivity contribution >= 4 is 12.6 Å². The summed E-state index contributed by atoms with van der Waals surface area (Å²) < 4.78 is 0. The van der Waals surface area contributed by atoms with Crippen molar-refractivity contribution in [2.24, 2.45) is 5.41 Å². The highest BCUT2D eigenvalue weighted by molar-refractivity contribution is 5.81. The minimum Gasteiger partial charge on any atom is -0.355 e. The molecule has 0 heterocycles. The summed E-state index contributed by atoms with van der Waals surface area (Å²) >= 11 is 0. The molecular formula is C22H28N2O. The molecule has 2 N–H and O–H groups in total. The number of hydrogen-bond acceptors (Lipinski definition) is 2. The van der Waals surface area contributed by atoms with E-state index >= 15 is 0 Å². The van der Waals surface area contributed by atoms with Gasteiger partial charge in [0.05, 0.1) is 0 Å². The molecular weight excluding hydrogens is 308 g/mol. The van der Waals surface area contributed by atoms with E-state index in [9.17, 15) is 4.79 Å². The van der Waals surface area contributed by atoms with Crippen LogP contribution in [0.1, 0.15) is 43.9 Å². The van der Waals surface area contributed by atoms with Crippen molar-refractivity contribution in [3.05, 3.63) is 59.2 Å². The highest BCUT2D eigenvalue weighted by Gasteiger charge is 2.27. The van der Waals surface area contributed by atoms with Gasteiger partial charge in [-0.05, 0) is 53.0 Å². The Morgan fingerprint density at radius 3 is 2.28 bits per heavy atom. The zero-order valence-electron chi connectivity index (χ0n) is 15.6. The van der Waals surface area contributed by atoms with Crippen molar-refractivity contribution in [3.8, 4) is 11.1 Å². The van der Waals surface area contributed by atoms with Gasteiger partial charge in [0.25, 0.3) is 0 Å². The largest absolute Gasteiger partial charge is 0.355 e. The first kappa shape index (κ1) is 18.9. The number of amides is 1. The Morgan fingerprint density at radius 2 is 1.76 bits per heavy atom. The van der Waals surface area contributed by atoms with E-state index in [4.69, 9.17) is 5.41 Å². The van der Waals surface area contributed by atoms with Gasteiger partial charge in [0.2, 0.25) is 6.41 Å². The number of carbonyl (C=O) groups excluding carboxylic acids is 1. The third-order valence-corrected chi connectivity index (χ3v) is 5.28. The van der Waals surface area contributed by atoms with E-state index in [-0.39, 0.29) is 11.5 Å². The van der Waals surface area contributed by atoms with E-state index in [0.717, 1.165) is 41.5 Å². The maximum absolute atomic E-state index is 11.0. The Labute approximate surface area is 151 Å². The number of aryl methyl sites for hydroxylation is 1. The van der Waals surface area contributed by atoms with Crippen LogP contribution in [-0.4, -0.2) is 18.7 Å². The predicted octanol–water partition coefficient (Wildman–Crippen LogP) is 4.75. The molecule has 25 heavy (non-hydrogen) atoms. The molecule has 0 fully saturated rings. The Morgan fingerprint density at radius 1 is 1.12 bits per heavy atom. The standard InChI is InChI=1S/C22H28N2O/c1-5-22(3,4)21(24-15-25)13-17-6-8-18(9-7-17)19-10-11-20(14-23)16(2)12-19/h6-12,14-15,21,23H,5,13H2,1-4H3,(H,24,25). The SMILES string of the molecule is CCC(C)(C)C(Cc1ccc(-c2ccc(C=N)c(C)c2)cc1)NC=O. The van der Waals surface area contributed by atoms with Gasteiger partial charge in [-0.1, -0.05) is 63.2 Å². The van der Waals surface area contributed by atoms with Gasteiger partial charge in [-0.15, -0.1) is 0 Å². The molecule has 1 unspecified atom stereocenters. The van der Waals surface area contributed by atoms with Crippen molar-refractivity contribution < 1.29 is 4.79 Å². The van der Waals surface area contributed by atoms with Gasteiger partial charge < -0.3 is 10.7 Å².